The van der Waals surface area contributed by atoms with Crippen molar-refractivity contribution in [3.63, 3.8) is 0 Å². The van der Waals surface area contributed by atoms with Gasteiger partial charge in [-0.15, -0.1) is 11.8 Å². The molecule has 13 nitrogen and oxygen atoms in total. The summed E-state index contributed by atoms with van der Waals surface area (Å²) in [6.07, 6.45) is -0.713. The maximum absolute atomic E-state index is 14.3. The molecule has 0 aromatic carbocycles. The lowest BCUT2D eigenvalue weighted by atomic mass is 9.94. The molecule has 17 heteroatoms. The number of amides is 2. The molecule has 2 amide bonds. The summed E-state index contributed by atoms with van der Waals surface area (Å²) in [5.41, 5.74) is -1.26. The molecule has 4 rings (SSSR count). The van der Waals surface area contributed by atoms with Gasteiger partial charge in [-0.3, -0.25) is 14.2 Å². The number of halogens is 2. The molecule has 3 atom stereocenters. The number of nitrogens with one attached hydrogen (secondary N) is 2. The Balaban J connectivity index is 1.16. The summed E-state index contributed by atoms with van der Waals surface area (Å²) in [5, 5.41) is 24.3. The molecule has 0 spiro atoms. The van der Waals surface area contributed by atoms with Crippen LogP contribution in [0.1, 0.15) is 64.3 Å². The van der Waals surface area contributed by atoms with Gasteiger partial charge in [0, 0.05) is 24.5 Å². The van der Waals surface area contributed by atoms with Crippen LogP contribution >= 0.6 is 23.1 Å². The Labute approximate surface area is 253 Å². The highest BCUT2D eigenvalue weighted by molar-refractivity contribution is 8.00. The van der Waals surface area contributed by atoms with Gasteiger partial charge in [0.2, 0.25) is 23.9 Å². The molecule has 0 unspecified atom stereocenters. The largest absolute Gasteiger partial charge is 0.444 e. The Hall–Kier alpha value is -3.25. The zero-order chi connectivity index (χ0) is 31.4. The Kier molecular flexibility index (Phi) is 10.3. The molecule has 1 aliphatic rings. The van der Waals surface area contributed by atoms with Crippen LogP contribution in [0.5, 0.6) is 0 Å². The van der Waals surface area contributed by atoms with Gasteiger partial charge in [-0.1, -0.05) is 32.1 Å². The molecule has 234 valence electrons. The lowest BCUT2D eigenvalue weighted by Gasteiger charge is -2.21. The number of carbonyl (C=O) groups excluding carboxylic acids is 2. The summed E-state index contributed by atoms with van der Waals surface area (Å²) in [6, 6.07) is 1.14. The number of rotatable bonds is 12. The highest BCUT2D eigenvalue weighted by atomic mass is 32.2. The fourth-order valence-electron chi connectivity index (χ4n) is 3.98. The standard InChI is InChI=1S/C26H32F2N6O7S2/c1-25(2,3)15-10-29-19(41-15)13-42-20-11-30-23(43-20)33-18(37)7-5-4-6-17(36)31-16-8-9-34(24(39)32-16)22-26(27,28)21(38)14(12-35)40-22/h8-11,14,21-22,35,38H,4-7,12-13H2,1-3H3,(H,30,33,37)(H,31,32,36,39)/t14-,21-,22-/m1/s1. The number of alkyl halides is 2. The van der Waals surface area contributed by atoms with E-state index in [4.69, 9.17) is 14.3 Å². The van der Waals surface area contributed by atoms with Gasteiger partial charge >= 0.3 is 11.6 Å². The van der Waals surface area contributed by atoms with Crippen molar-refractivity contribution in [1.82, 2.24) is 19.5 Å². The summed E-state index contributed by atoms with van der Waals surface area (Å²) in [4.78, 5) is 49.0. The topological polar surface area (TPSA) is 182 Å². The minimum absolute atomic E-state index is 0.0298. The van der Waals surface area contributed by atoms with Gasteiger partial charge in [-0.05, 0) is 18.9 Å². The Bertz CT molecular complexity index is 1490. The van der Waals surface area contributed by atoms with Crippen LogP contribution in [0.2, 0.25) is 0 Å². The number of aliphatic hydroxyl groups excluding tert-OH is 2. The summed E-state index contributed by atoms with van der Waals surface area (Å²) >= 11 is 2.83. The van der Waals surface area contributed by atoms with E-state index in [0.29, 0.717) is 34.2 Å². The van der Waals surface area contributed by atoms with Crippen LogP contribution in [0.4, 0.5) is 19.7 Å². The first-order chi connectivity index (χ1) is 20.3. The van der Waals surface area contributed by atoms with Crippen LogP contribution < -0.4 is 16.3 Å². The number of carbonyl (C=O) groups is 2. The van der Waals surface area contributed by atoms with Gasteiger partial charge < -0.3 is 30.0 Å². The molecule has 4 N–H and O–H groups in total. The summed E-state index contributed by atoms with van der Waals surface area (Å²) < 4.78 is 40.7. The summed E-state index contributed by atoms with van der Waals surface area (Å²) in [6.45, 7) is 5.28. The fraction of sp³-hybridized carbons (Fsp3) is 0.538. The molecule has 43 heavy (non-hydrogen) atoms. The molecule has 0 saturated carbocycles. The van der Waals surface area contributed by atoms with Crippen molar-refractivity contribution in [3.8, 4) is 0 Å². The number of unbranched alkanes of at least 4 members (excludes halogenated alkanes) is 1. The predicted octanol–water partition coefficient (Wildman–Crippen LogP) is 3.30. The smallest absolute Gasteiger partial charge is 0.351 e. The molecule has 1 aliphatic heterocycles. The van der Waals surface area contributed by atoms with E-state index in [9.17, 15) is 28.3 Å². The molecule has 4 heterocycles. The van der Waals surface area contributed by atoms with Gasteiger partial charge in [0.1, 0.15) is 17.7 Å². The van der Waals surface area contributed by atoms with Gasteiger partial charge in [0.25, 0.3) is 0 Å². The van der Waals surface area contributed by atoms with Crippen molar-refractivity contribution in [1.29, 1.82) is 0 Å². The lowest BCUT2D eigenvalue weighted by Crippen LogP contribution is -2.41. The average Bonchev–Trinajstić information content (AvgIpc) is 3.65. The molecule has 0 bridgehead atoms. The van der Waals surface area contributed by atoms with Crippen LogP contribution in [-0.4, -0.2) is 66.3 Å². The molecule has 3 aromatic rings. The number of aromatic nitrogens is 4. The van der Waals surface area contributed by atoms with Gasteiger partial charge in [0.15, 0.2) is 11.2 Å². The number of thiazole rings is 1. The van der Waals surface area contributed by atoms with E-state index in [1.54, 1.807) is 12.4 Å². The first-order valence-corrected chi connectivity index (χ1v) is 15.1. The van der Waals surface area contributed by atoms with Crippen molar-refractivity contribution in [2.24, 2.45) is 0 Å². The van der Waals surface area contributed by atoms with E-state index in [0.717, 1.165) is 22.2 Å². The molecular formula is C26H32F2N6O7S2. The SMILES string of the molecule is CC(C)(C)c1cnc(CSc2cnc(NC(=O)CCCCC(=O)Nc3ccn([C@@H]4O[C@H](CO)[C@@H](O)C4(F)F)c(=O)n3)s2)o1. The van der Waals surface area contributed by atoms with E-state index in [-0.39, 0.29) is 30.0 Å². The molecule has 1 saturated heterocycles. The zero-order valence-corrected chi connectivity index (χ0v) is 25.2. The summed E-state index contributed by atoms with van der Waals surface area (Å²) in [7, 11) is 0. The zero-order valence-electron chi connectivity index (χ0n) is 23.6. The molecule has 3 aromatic heterocycles. The second kappa shape index (κ2) is 13.6. The van der Waals surface area contributed by atoms with Crippen molar-refractivity contribution >= 4 is 45.9 Å². The summed E-state index contributed by atoms with van der Waals surface area (Å²) in [5.74, 6) is -2.78. The van der Waals surface area contributed by atoms with Crippen molar-refractivity contribution < 1.29 is 37.7 Å². The van der Waals surface area contributed by atoms with Crippen LogP contribution in [0.25, 0.3) is 0 Å². The van der Waals surface area contributed by atoms with Crippen molar-refractivity contribution in [3.05, 3.63) is 46.8 Å². The molecule has 0 radical (unpaired) electrons. The number of aliphatic hydroxyl groups is 2. The third-order valence-electron chi connectivity index (χ3n) is 6.33. The molecular weight excluding hydrogens is 610 g/mol. The van der Waals surface area contributed by atoms with Gasteiger partial charge in [-0.25, -0.2) is 14.8 Å². The number of anilines is 2. The average molecular weight is 643 g/mol. The number of oxazole rings is 1. The maximum Gasteiger partial charge on any atom is 0.351 e. The van der Waals surface area contributed by atoms with Crippen LogP contribution in [0.3, 0.4) is 0 Å². The van der Waals surface area contributed by atoms with Gasteiger partial charge in [-0.2, -0.15) is 13.8 Å². The first-order valence-electron chi connectivity index (χ1n) is 13.3. The number of hydrogen-bond donors (Lipinski definition) is 4. The Morgan fingerprint density at radius 3 is 2.47 bits per heavy atom. The van der Waals surface area contributed by atoms with E-state index < -0.39 is 42.6 Å². The maximum atomic E-state index is 14.3. The third-order valence-corrected chi connectivity index (χ3v) is 8.42. The lowest BCUT2D eigenvalue weighted by molar-refractivity contribution is -0.141. The second-order valence-corrected chi connectivity index (χ2v) is 13.1. The molecule has 1 fully saturated rings. The van der Waals surface area contributed by atoms with E-state index >= 15 is 0 Å². The Morgan fingerprint density at radius 2 is 1.86 bits per heavy atom. The predicted molar refractivity (Wildman–Crippen MR) is 153 cm³/mol. The van der Waals surface area contributed by atoms with E-state index in [1.807, 2.05) is 20.8 Å². The minimum atomic E-state index is -3.84. The van der Waals surface area contributed by atoms with Gasteiger partial charge in [0.05, 0.1) is 29.0 Å². The second-order valence-electron chi connectivity index (χ2n) is 10.8. The van der Waals surface area contributed by atoms with Crippen LogP contribution in [0, 0.1) is 0 Å². The molecule has 0 aliphatic carbocycles. The first kappa shape index (κ1) is 32.7. The third kappa shape index (κ3) is 8.23. The number of nitrogens with zero attached hydrogens (tertiary/aromatic N) is 4. The Morgan fingerprint density at radius 1 is 1.16 bits per heavy atom. The quantitative estimate of drug-likeness (QED) is 0.168. The van der Waals surface area contributed by atoms with Crippen molar-refractivity contribution in [2.75, 3.05) is 17.2 Å². The van der Waals surface area contributed by atoms with E-state index in [1.165, 1.54) is 23.1 Å². The highest BCUT2D eigenvalue weighted by Crippen LogP contribution is 2.42. The van der Waals surface area contributed by atoms with E-state index in [2.05, 4.69) is 25.6 Å². The van der Waals surface area contributed by atoms with Crippen molar-refractivity contribution in [2.45, 2.75) is 86.2 Å². The van der Waals surface area contributed by atoms with Crippen LogP contribution in [-0.2, 0) is 25.5 Å². The van der Waals surface area contributed by atoms with Crippen LogP contribution in [0.15, 0.2) is 38.1 Å². The number of hydrogen-bond acceptors (Lipinski definition) is 12. The normalized spacial score (nSPS) is 19.8. The highest BCUT2D eigenvalue weighted by Gasteiger charge is 2.59. The number of ether oxygens (including phenoxy) is 1. The monoisotopic (exact) mass is 642 g/mol. The fourth-order valence-corrected chi connectivity index (χ4v) is 5.72. The minimum Gasteiger partial charge on any atom is -0.444 e. The number of thioether (sulfide) groups is 1.